The standard InChI is InChI=1S/C29H28ClNO4S/c1-2-36(33,34)24-15-12-21(13-16-24)18-29(32)31-23-14-17-25(27(30)19-23)26-10-6-7-11-28(26)35-20-22-8-4-3-5-9-22/h3-13,15-16,19H,2,14,17-18,20H2,1H3,(H,31,32). The Hall–Kier alpha value is -3.35. The van der Waals surface area contributed by atoms with E-state index in [4.69, 9.17) is 16.3 Å². The molecule has 36 heavy (non-hydrogen) atoms. The molecule has 7 heteroatoms. The number of carbonyl (C=O) groups excluding carboxylic acids is 1. The molecule has 1 amide bonds. The maximum absolute atomic E-state index is 12.6. The molecule has 3 aromatic rings. The van der Waals surface area contributed by atoms with E-state index in [2.05, 4.69) is 5.32 Å². The average molecular weight is 522 g/mol. The summed E-state index contributed by atoms with van der Waals surface area (Å²) in [6, 6.07) is 24.3. The Morgan fingerprint density at radius 3 is 2.31 bits per heavy atom. The number of ether oxygens (including phenoxy) is 1. The van der Waals surface area contributed by atoms with Crippen LogP contribution in [-0.2, 0) is 27.7 Å². The van der Waals surface area contributed by atoms with Gasteiger partial charge in [0.15, 0.2) is 9.84 Å². The predicted molar refractivity (Wildman–Crippen MR) is 143 cm³/mol. The van der Waals surface area contributed by atoms with Gasteiger partial charge in [-0.15, -0.1) is 0 Å². The number of amides is 1. The van der Waals surface area contributed by atoms with E-state index < -0.39 is 9.84 Å². The van der Waals surface area contributed by atoms with Crippen molar-refractivity contribution in [1.29, 1.82) is 0 Å². The molecule has 4 rings (SSSR count). The van der Waals surface area contributed by atoms with Crippen molar-refractivity contribution >= 4 is 32.9 Å². The topological polar surface area (TPSA) is 72.5 Å². The van der Waals surface area contributed by atoms with Gasteiger partial charge in [-0.1, -0.05) is 79.2 Å². The summed E-state index contributed by atoms with van der Waals surface area (Å²) in [5, 5.41) is 3.51. The second-order valence-corrected chi connectivity index (χ2v) is 11.2. The van der Waals surface area contributed by atoms with Crippen LogP contribution in [0.15, 0.2) is 101 Å². The quantitative estimate of drug-likeness (QED) is 0.372. The van der Waals surface area contributed by atoms with Crippen LogP contribution < -0.4 is 10.1 Å². The second-order valence-electron chi connectivity index (χ2n) is 8.54. The Morgan fingerprint density at radius 1 is 0.917 bits per heavy atom. The van der Waals surface area contributed by atoms with Crippen LogP contribution in [0, 0.1) is 0 Å². The first-order chi connectivity index (χ1) is 17.4. The lowest BCUT2D eigenvalue weighted by molar-refractivity contribution is -0.119. The van der Waals surface area contributed by atoms with E-state index in [-0.39, 0.29) is 23.0 Å². The molecule has 1 aliphatic rings. The van der Waals surface area contributed by atoms with Crippen molar-refractivity contribution in [3.05, 3.63) is 112 Å². The van der Waals surface area contributed by atoms with Crippen molar-refractivity contribution in [1.82, 2.24) is 5.32 Å². The Kier molecular flexibility index (Phi) is 8.28. The SMILES string of the molecule is CCS(=O)(=O)c1ccc(CC(=O)NC2=CC(Cl)=C(c3ccccc3OCc3ccccc3)CC2)cc1. The molecule has 1 aliphatic carbocycles. The zero-order valence-corrected chi connectivity index (χ0v) is 21.6. The van der Waals surface area contributed by atoms with E-state index in [1.165, 1.54) is 0 Å². The van der Waals surface area contributed by atoms with E-state index in [0.29, 0.717) is 24.5 Å². The monoisotopic (exact) mass is 521 g/mol. The smallest absolute Gasteiger partial charge is 0.228 e. The minimum absolute atomic E-state index is 0.0425. The number of nitrogens with one attached hydrogen (secondary N) is 1. The number of hydrogen-bond acceptors (Lipinski definition) is 4. The van der Waals surface area contributed by atoms with Crippen LogP contribution in [0.25, 0.3) is 5.57 Å². The van der Waals surface area contributed by atoms with Crippen molar-refractivity contribution in [2.45, 2.75) is 37.7 Å². The van der Waals surface area contributed by atoms with E-state index in [1.54, 1.807) is 37.3 Å². The fraction of sp³-hybridized carbons (Fsp3) is 0.207. The summed E-state index contributed by atoms with van der Waals surface area (Å²) in [6.45, 7) is 2.07. The van der Waals surface area contributed by atoms with Gasteiger partial charge in [-0.25, -0.2) is 8.42 Å². The van der Waals surface area contributed by atoms with E-state index in [9.17, 15) is 13.2 Å². The second kappa shape index (κ2) is 11.6. The van der Waals surface area contributed by atoms with Crippen molar-refractivity contribution in [2.24, 2.45) is 0 Å². The molecule has 0 aromatic heterocycles. The highest BCUT2D eigenvalue weighted by Gasteiger charge is 2.19. The highest BCUT2D eigenvalue weighted by Crippen LogP contribution is 2.37. The first-order valence-corrected chi connectivity index (χ1v) is 13.9. The Morgan fingerprint density at radius 2 is 1.61 bits per heavy atom. The third kappa shape index (κ3) is 6.45. The summed E-state index contributed by atoms with van der Waals surface area (Å²) in [4.78, 5) is 12.9. The molecule has 5 nitrogen and oxygen atoms in total. The van der Waals surface area contributed by atoms with E-state index in [1.807, 2.05) is 54.6 Å². The van der Waals surface area contributed by atoms with Crippen LogP contribution >= 0.6 is 11.6 Å². The average Bonchev–Trinajstić information content (AvgIpc) is 2.89. The Bertz CT molecular complexity index is 1390. The lowest BCUT2D eigenvalue weighted by Crippen LogP contribution is -2.25. The molecule has 0 bridgehead atoms. The number of benzene rings is 3. The summed E-state index contributed by atoms with van der Waals surface area (Å²) in [5.41, 5.74) is 4.50. The van der Waals surface area contributed by atoms with Gasteiger partial charge in [0, 0.05) is 16.3 Å². The lowest BCUT2D eigenvalue weighted by atomic mass is 9.94. The number of carbonyl (C=O) groups is 1. The van der Waals surface area contributed by atoms with Crippen LogP contribution in [0.1, 0.15) is 36.5 Å². The third-order valence-electron chi connectivity index (χ3n) is 6.01. The molecular weight excluding hydrogens is 494 g/mol. The number of hydrogen-bond donors (Lipinski definition) is 1. The van der Waals surface area contributed by atoms with Gasteiger partial charge in [-0.05, 0) is 53.8 Å². The fourth-order valence-electron chi connectivity index (χ4n) is 4.02. The molecule has 0 aliphatic heterocycles. The largest absolute Gasteiger partial charge is 0.488 e. The molecule has 0 saturated carbocycles. The fourth-order valence-corrected chi connectivity index (χ4v) is 5.23. The van der Waals surface area contributed by atoms with Crippen molar-refractivity contribution in [2.75, 3.05) is 5.75 Å². The molecule has 0 radical (unpaired) electrons. The Labute approximate surface area is 217 Å². The summed E-state index contributed by atoms with van der Waals surface area (Å²) in [5.74, 6) is 0.636. The first kappa shape index (κ1) is 25.7. The number of allylic oxidation sites excluding steroid dienone is 4. The van der Waals surface area contributed by atoms with E-state index >= 15 is 0 Å². The highest BCUT2D eigenvalue weighted by atomic mass is 35.5. The number of rotatable bonds is 9. The van der Waals surface area contributed by atoms with Crippen LogP contribution in [0.4, 0.5) is 0 Å². The summed E-state index contributed by atoms with van der Waals surface area (Å²) in [7, 11) is -3.26. The van der Waals surface area contributed by atoms with Crippen LogP contribution in [0.2, 0.25) is 0 Å². The zero-order valence-electron chi connectivity index (χ0n) is 20.0. The summed E-state index contributed by atoms with van der Waals surface area (Å²) < 4.78 is 30.0. The zero-order chi connectivity index (χ0) is 25.5. The molecule has 1 N–H and O–H groups in total. The van der Waals surface area contributed by atoms with Gasteiger partial charge < -0.3 is 10.1 Å². The first-order valence-electron chi connectivity index (χ1n) is 11.8. The minimum atomic E-state index is -3.26. The van der Waals surface area contributed by atoms with Crippen molar-refractivity contribution < 1.29 is 17.9 Å². The molecule has 0 saturated heterocycles. The van der Waals surface area contributed by atoms with E-state index in [0.717, 1.165) is 33.7 Å². The molecule has 3 aromatic carbocycles. The van der Waals surface area contributed by atoms with Gasteiger partial charge >= 0.3 is 0 Å². The molecular formula is C29H28ClNO4S. The van der Waals surface area contributed by atoms with Crippen LogP contribution in [0.5, 0.6) is 5.75 Å². The van der Waals surface area contributed by atoms with Gasteiger partial charge in [0.2, 0.25) is 5.91 Å². The lowest BCUT2D eigenvalue weighted by Gasteiger charge is -2.20. The maximum atomic E-state index is 12.6. The van der Waals surface area contributed by atoms with Gasteiger partial charge in [0.05, 0.1) is 17.1 Å². The third-order valence-corrected chi connectivity index (χ3v) is 8.10. The predicted octanol–water partition coefficient (Wildman–Crippen LogP) is 6.05. The van der Waals surface area contributed by atoms with Crippen molar-refractivity contribution in [3.63, 3.8) is 0 Å². The normalized spacial score (nSPS) is 13.8. The number of halogens is 1. The van der Waals surface area contributed by atoms with Crippen LogP contribution in [0.3, 0.4) is 0 Å². The van der Waals surface area contributed by atoms with Gasteiger partial charge in [0.25, 0.3) is 0 Å². The minimum Gasteiger partial charge on any atom is -0.488 e. The molecule has 0 heterocycles. The molecule has 0 fully saturated rings. The molecule has 0 spiro atoms. The van der Waals surface area contributed by atoms with Gasteiger partial charge in [0.1, 0.15) is 12.4 Å². The van der Waals surface area contributed by atoms with Gasteiger partial charge in [-0.3, -0.25) is 4.79 Å². The number of para-hydroxylation sites is 1. The number of sulfone groups is 1. The Balaban J connectivity index is 1.42. The maximum Gasteiger partial charge on any atom is 0.228 e. The summed E-state index contributed by atoms with van der Waals surface area (Å²) in [6.07, 6.45) is 3.25. The molecule has 0 atom stereocenters. The molecule has 186 valence electrons. The highest BCUT2D eigenvalue weighted by molar-refractivity contribution is 7.91. The van der Waals surface area contributed by atoms with Crippen molar-refractivity contribution in [3.8, 4) is 5.75 Å². The van der Waals surface area contributed by atoms with Gasteiger partial charge in [-0.2, -0.15) is 0 Å². The van der Waals surface area contributed by atoms with Crippen LogP contribution in [-0.4, -0.2) is 20.1 Å². The summed E-state index contributed by atoms with van der Waals surface area (Å²) >= 11 is 6.66. The molecule has 0 unspecified atom stereocenters.